The number of hydrogen-bond donors (Lipinski definition) is 1. The van der Waals surface area contributed by atoms with Gasteiger partial charge < -0.3 is 28.7 Å². The Morgan fingerprint density at radius 1 is 1.09 bits per heavy atom. The molecule has 1 N–H and O–H groups in total. The van der Waals surface area contributed by atoms with Gasteiger partial charge in [-0.15, -0.1) is 0 Å². The average molecular weight is 673 g/mol. The maximum Gasteiger partial charge on any atom is 0.278 e. The third-order valence-electron chi connectivity index (χ3n) is 8.18. The van der Waals surface area contributed by atoms with Gasteiger partial charge in [0.25, 0.3) is 11.8 Å². The maximum absolute atomic E-state index is 14.4. The van der Waals surface area contributed by atoms with E-state index in [1.807, 2.05) is 49.2 Å². The van der Waals surface area contributed by atoms with Gasteiger partial charge in [0.2, 0.25) is 5.43 Å². The Bertz CT molecular complexity index is 1630. The summed E-state index contributed by atoms with van der Waals surface area (Å²) in [4.78, 5) is 43.3. The number of benzene rings is 2. The Balaban J connectivity index is 1.56. The summed E-state index contributed by atoms with van der Waals surface area (Å²) in [6.45, 7) is 5.51. The lowest BCUT2D eigenvalue weighted by molar-refractivity contribution is 0.0298. The van der Waals surface area contributed by atoms with Gasteiger partial charge in [0, 0.05) is 50.5 Å². The molecule has 2 aromatic carbocycles. The first-order valence-electron chi connectivity index (χ1n) is 15.6. The molecular weight excluding hydrogens is 633 g/mol. The van der Waals surface area contributed by atoms with Gasteiger partial charge in [0.1, 0.15) is 23.8 Å². The molecule has 1 atom stereocenters. The lowest BCUT2D eigenvalue weighted by Crippen LogP contribution is -2.70. The van der Waals surface area contributed by atoms with Crippen LogP contribution in [-0.4, -0.2) is 73.2 Å². The predicted octanol–water partition coefficient (Wildman–Crippen LogP) is 4.55. The molecule has 2 amide bonds. The summed E-state index contributed by atoms with van der Waals surface area (Å²) in [6, 6.07) is 12.1. The van der Waals surface area contributed by atoms with Crippen molar-refractivity contribution in [3.63, 3.8) is 0 Å². The van der Waals surface area contributed by atoms with Crippen molar-refractivity contribution >= 4 is 20.2 Å². The van der Waals surface area contributed by atoms with Crippen molar-refractivity contribution in [3.05, 3.63) is 99.0 Å². The van der Waals surface area contributed by atoms with Gasteiger partial charge in [-0.25, -0.2) is 8.78 Å². The topological polar surface area (TPSA) is 112 Å². The Morgan fingerprint density at radius 3 is 2.49 bits per heavy atom. The molecule has 11 nitrogen and oxygen atoms in total. The Morgan fingerprint density at radius 2 is 1.83 bits per heavy atom. The van der Waals surface area contributed by atoms with E-state index >= 15 is 0 Å². The van der Waals surface area contributed by atoms with E-state index in [0.717, 1.165) is 17.7 Å². The van der Waals surface area contributed by atoms with Gasteiger partial charge in [-0.2, -0.15) is 0 Å². The standard InChI is InChI=1S/C33H39F2N4O7P/c1-4-45-47(46-5-2)17-9-15-39-33(14-16-43-22-33)37(3)32(42)28-30(44-21-23-10-7-6-8-11-23)29(40)26(20-38(28)39)31(41)36-19-24-12-13-25(34)18-27(24)35/h6-8,10-13,18,20H,4-5,9,14-17,19,21-22H2,1-3H3,(H,36,41). The van der Waals surface area contributed by atoms with Crippen LogP contribution in [0.2, 0.25) is 0 Å². The van der Waals surface area contributed by atoms with Crippen LogP contribution < -0.4 is 20.5 Å². The highest BCUT2D eigenvalue weighted by Gasteiger charge is 2.52. The lowest BCUT2D eigenvalue weighted by atomic mass is 10.0. The van der Waals surface area contributed by atoms with Crippen LogP contribution in [0.5, 0.6) is 5.75 Å². The molecule has 3 aromatic rings. The van der Waals surface area contributed by atoms with E-state index in [4.69, 9.17) is 18.5 Å². The summed E-state index contributed by atoms with van der Waals surface area (Å²) in [7, 11) is 0.540. The Hall–Kier alpha value is -3.90. The van der Waals surface area contributed by atoms with Crippen LogP contribution in [0.3, 0.4) is 0 Å². The van der Waals surface area contributed by atoms with Crippen LogP contribution in [0.4, 0.5) is 8.78 Å². The number of fused-ring (bicyclic) bond motifs is 1. The molecule has 1 fully saturated rings. The molecule has 1 spiro atoms. The molecule has 14 heteroatoms. The number of halogens is 2. The maximum atomic E-state index is 14.4. The van der Waals surface area contributed by atoms with Gasteiger partial charge in [-0.05, 0) is 31.9 Å². The summed E-state index contributed by atoms with van der Waals surface area (Å²) in [6.07, 6.45) is 3.04. The summed E-state index contributed by atoms with van der Waals surface area (Å²) < 4.78 is 52.8. The number of carbonyl (C=O) groups excluding carboxylic acids is 2. The second-order valence-corrected chi connectivity index (χ2v) is 12.7. The first kappa shape index (κ1) is 34.4. The summed E-state index contributed by atoms with van der Waals surface area (Å²) >= 11 is 0. The minimum Gasteiger partial charge on any atom is -0.482 e. The third-order valence-corrected chi connectivity index (χ3v) is 9.95. The van der Waals surface area contributed by atoms with Crippen LogP contribution in [0.15, 0.2) is 59.5 Å². The molecule has 0 radical (unpaired) electrons. The molecule has 5 rings (SSSR count). The molecule has 3 heterocycles. The van der Waals surface area contributed by atoms with Crippen molar-refractivity contribution in [2.45, 2.75) is 45.5 Å². The van der Waals surface area contributed by atoms with Crippen molar-refractivity contribution in [3.8, 4) is 5.75 Å². The van der Waals surface area contributed by atoms with E-state index in [1.165, 1.54) is 16.9 Å². The zero-order valence-electron chi connectivity index (χ0n) is 26.7. The molecule has 1 saturated heterocycles. The Kier molecular flexibility index (Phi) is 11.2. The third kappa shape index (κ3) is 7.33. The number of nitrogens with one attached hydrogen (secondary N) is 1. The summed E-state index contributed by atoms with van der Waals surface area (Å²) in [5, 5.41) is 4.50. The molecule has 1 aromatic heterocycles. The normalized spacial score (nSPS) is 17.4. The zero-order valence-corrected chi connectivity index (χ0v) is 27.6. The molecule has 0 saturated carbocycles. The predicted molar refractivity (Wildman–Crippen MR) is 172 cm³/mol. The second kappa shape index (κ2) is 15.3. The van der Waals surface area contributed by atoms with Crippen LogP contribution in [-0.2, 0) is 26.9 Å². The van der Waals surface area contributed by atoms with Gasteiger partial charge in [-0.3, -0.25) is 24.1 Å². The van der Waals surface area contributed by atoms with Crippen molar-refractivity contribution in [1.82, 2.24) is 14.9 Å². The van der Waals surface area contributed by atoms with Gasteiger partial charge in [0.15, 0.2) is 25.5 Å². The molecule has 2 aliphatic rings. The largest absolute Gasteiger partial charge is 0.482 e. The first-order chi connectivity index (χ1) is 22.7. The number of nitrogens with zero attached hydrogens (tertiary/aromatic N) is 3. The van der Waals surface area contributed by atoms with Crippen molar-refractivity contribution in [1.29, 1.82) is 0 Å². The van der Waals surface area contributed by atoms with Crippen LogP contribution in [0.25, 0.3) is 0 Å². The minimum absolute atomic E-state index is 0.0241. The smallest absolute Gasteiger partial charge is 0.278 e. The highest BCUT2D eigenvalue weighted by atomic mass is 31.2. The fraction of sp³-hybridized carbons (Fsp3) is 0.424. The molecular formula is C33H39F2N4O7P. The summed E-state index contributed by atoms with van der Waals surface area (Å²) in [5.41, 5.74) is -1.23. The average Bonchev–Trinajstić information content (AvgIpc) is 3.55. The van der Waals surface area contributed by atoms with E-state index in [1.54, 1.807) is 11.9 Å². The van der Waals surface area contributed by atoms with Gasteiger partial charge in [0.05, 0.1) is 26.4 Å². The van der Waals surface area contributed by atoms with Crippen molar-refractivity contribution in [2.75, 3.05) is 51.2 Å². The molecule has 1 unspecified atom stereocenters. The minimum atomic E-state index is -1.13. The molecule has 252 valence electrons. The van der Waals surface area contributed by atoms with Gasteiger partial charge in [-0.1, -0.05) is 36.4 Å². The Labute approximate surface area is 273 Å². The quantitative estimate of drug-likeness (QED) is 0.249. The molecule has 2 aliphatic heterocycles. The number of pyridine rings is 1. The van der Waals surface area contributed by atoms with Crippen molar-refractivity contribution in [2.24, 2.45) is 0 Å². The number of hydrogen-bond acceptors (Lipinski definition) is 8. The number of likely N-dealkylation sites (N-methyl/N-ethyl adjacent to an activating group) is 1. The van der Waals surface area contributed by atoms with E-state index < -0.39 is 42.9 Å². The number of aromatic nitrogens is 1. The fourth-order valence-corrected chi connectivity index (χ4v) is 7.09. The van der Waals surface area contributed by atoms with E-state index in [0.29, 0.717) is 45.4 Å². The number of carbonyl (C=O) groups is 2. The SMILES string of the molecule is CCOP(CCCN1n2cc(C(=O)NCc3ccc(F)cc3F)c(=O)c(OCc3ccccc3)c2C(=O)N(C)C12CCOC2)OCC. The van der Waals surface area contributed by atoms with E-state index in [-0.39, 0.29) is 42.3 Å². The van der Waals surface area contributed by atoms with Crippen molar-refractivity contribution < 1.29 is 36.9 Å². The number of rotatable bonds is 14. The van der Waals surface area contributed by atoms with Crippen LogP contribution in [0, 0.1) is 11.6 Å². The second-order valence-electron chi connectivity index (χ2n) is 11.1. The number of ether oxygens (including phenoxy) is 2. The van der Waals surface area contributed by atoms with E-state index in [9.17, 15) is 23.2 Å². The fourth-order valence-electron chi connectivity index (χ4n) is 5.78. The highest BCUT2D eigenvalue weighted by Crippen LogP contribution is 2.40. The molecule has 0 bridgehead atoms. The van der Waals surface area contributed by atoms with Gasteiger partial charge >= 0.3 is 0 Å². The van der Waals surface area contributed by atoms with Crippen LogP contribution >= 0.6 is 8.38 Å². The monoisotopic (exact) mass is 672 g/mol. The molecule has 47 heavy (non-hydrogen) atoms. The number of amides is 2. The lowest BCUT2D eigenvalue weighted by Gasteiger charge is -2.52. The first-order valence-corrected chi connectivity index (χ1v) is 16.9. The highest BCUT2D eigenvalue weighted by molar-refractivity contribution is 7.47. The summed E-state index contributed by atoms with van der Waals surface area (Å²) in [5.74, 6) is -3.13. The zero-order chi connectivity index (χ0) is 33.6. The van der Waals surface area contributed by atoms with E-state index in [2.05, 4.69) is 5.32 Å². The molecule has 0 aliphatic carbocycles. The van der Waals surface area contributed by atoms with Crippen LogP contribution in [0.1, 0.15) is 58.7 Å².